The highest BCUT2D eigenvalue weighted by atomic mass is 16.2. The molecule has 1 amide bonds. The number of hydrogen-bond acceptors (Lipinski definition) is 2. The number of piperidine rings is 2. The number of aryl methyl sites for hydroxylation is 1. The van der Waals surface area contributed by atoms with Crippen LogP contribution in [0.2, 0.25) is 0 Å². The Balaban J connectivity index is 1.43. The van der Waals surface area contributed by atoms with Crippen molar-refractivity contribution < 1.29 is 4.79 Å². The summed E-state index contributed by atoms with van der Waals surface area (Å²) in [4.78, 5) is 17.1. The molecule has 0 N–H and O–H groups in total. The Hall–Kier alpha value is -1.35. The Bertz CT molecular complexity index is 578. The predicted molar refractivity (Wildman–Crippen MR) is 92.1 cm³/mol. The lowest BCUT2D eigenvalue weighted by Gasteiger charge is -2.48. The van der Waals surface area contributed by atoms with Crippen LogP contribution in [0.15, 0.2) is 24.3 Å². The average molecular weight is 312 g/mol. The summed E-state index contributed by atoms with van der Waals surface area (Å²) in [7, 11) is 0. The second kappa shape index (κ2) is 5.94. The number of hydrogen-bond donors (Lipinski definition) is 0. The van der Waals surface area contributed by atoms with Gasteiger partial charge < -0.3 is 4.90 Å². The molecule has 0 unspecified atom stereocenters. The van der Waals surface area contributed by atoms with Gasteiger partial charge in [-0.15, -0.1) is 0 Å². The molecular formula is C20H28N2O. The normalized spacial score (nSPS) is 29.3. The quantitative estimate of drug-likeness (QED) is 0.854. The second-order valence-corrected chi connectivity index (χ2v) is 8.05. The molecule has 1 aromatic rings. The molecule has 3 heteroatoms. The lowest BCUT2D eigenvalue weighted by molar-refractivity contribution is -0.140. The van der Waals surface area contributed by atoms with E-state index in [1.165, 1.54) is 43.4 Å². The molecule has 1 saturated carbocycles. The zero-order valence-electron chi connectivity index (χ0n) is 14.3. The summed E-state index contributed by atoms with van der Waals surface area (Å²) in [5.41, 5.74) is 3.10. The van der Waals surface area contributed by atoms with Crippen LogP contribution in [0.1, 0.15) is 49.7 Å². The van der Waals surface area contributed by atoms with Gasteiger partial charge in [0, 0.05) is 37.5 Å². The molecule has 3 aliphatic rings. The first kappa shape index (κ1) is 15.2. The predicted octanol–water partition coefficient (Wildman–Crippen LogP) is 3.36. The number of likely N-dealkylation sites (tertiary alicyclic amines) is 2. The number of nitrogens with zero attached hydrogens (tertiary/aromatic N) is 2. The minimum atomic E-state index is 0.361. The van der Waals surface area contributed by atoms with Gasteiger partial charge in [0.05, 0.1) is 0 Å². The topological polar surface area (TPSA) is 23.6 Å². The van der Waals surface area contributed by atoms with E-state index < -0.39 is 0 Å². The number of rotatable bonds is 3. The van der Waals surface area contributed by atoms with Gasteiger partial charge in [-0.25, -0.2) is 0 Å². The minimum Gasteiger partial charge on any atom is -0.339 e. The lowest BCUT2D eigenvalue weighted by atomic mass is 9.73. The van der Waals surface area contributed by atoms with E-state index in [4.69, 9.17) is 0 Å². The third-order valence-electron chi connectivity index (χ3n) is 5.95. The van der Waals surface area contributed by atoms with Crippen LogP contribution >= 0.6 is 0 Å². The molecule has 0 aromatic heterocycles. The van der Waals surface area contributed by atoms with Gasteiger partial charge in [0.25, 0.3) is 0 Å². The Kier molecular flexibility index (Phi) is 3.92. The SMILES string of the molecule is Cc1ccc(CN2CCC[C@]3(CCC(=O)N(C4CC4)C3)C2)cc1. The van der Waals surface area contributed by atoms with E-state index >= 15 is 0 Å². The molecule has 3 nitrogen and oxygen atoms in total. The average Bonchev–Trinajstić information content (AvgIpc) is 3.38. The summed E-state index contributed by atoms with van der Waals surface area (Å²) >= 11 is 0. The molecule has 0 radical (unpaired) electrons. The molecule has 1 atom stereocenters. The van der Waals surface area contributed by atoms with E-state index in [9.17, 15) is 4.79 Å². The van der Waals surface area contributed by atoms with Gasteiger partial charge in [0.1, 0.15) is 0 Å². The number of carbonyl (C=O) groups is 1. The molecular weight excluding hydrogens is 284 g/mol. The van der Waals surface area contributed by atoms with Gasteiger partial charge >= 0.3 is 0 Å². The van der Waals surface area contributed by atoms with Crippen LogP contribution in [0.25, 0.3) is 0 Å². The maximum Gasteiger partial charge on any atom is 0.222 e. The fourth-order valence-electron chi connectivity index (χ4n) is 4.49. The summed E-state index contributed by atoms with van der Waals surface area (Å²) in [5.74, 6) is 0.411. The van der Waals surface area contributed by atoms with Gasteiger partial charge in [-0.3, -0.25) is 9.69 Å². The zero-order chi connectivity index (χ0) is 15.9. The van der Waals surface area contributed by atoms with Crippen molar-refractivity contribution >= 4 is 5.91 Å². The Morgan fingerprint density at radius 3 is 2.65 bits per heavy atom. The van der Waals surface area contributed by atoms with Crippen molar-refractivity contribution in [3.63, 3.8) is 0 Å². The number of carbonyl (C=O) groups excluding carboxylic acids is 1. The molecule has 23 heavy (non-hydrogen) atoms. The minimum absolute atomic E-state index is 0.361. The summed E-state index contributed by atoms with van der Waals surface area (Å²) in [6, 6.07) is 9.52. The molecule has 4 rings (SSSR count). The van der Waals surface area contributed by atoms with E-state index in [0.717, 1.165) is 32.5 Å². The standard InChI is InChI=1S/C20H28N2O/c1-16-3-5-17(6-4-16)13-21-12-2-10-20(14-21)11-9-19(23)22(15-20)18-7-8-18/h3-6,18H,2,7-15H2,1H3/t20-/m0/s1. The van der Waals surface area contributed by atoms with Crippen LogP contribution < -0.4 is 0 Å². The molecule has 1 spiro atoms. The van der Waals surface area contributed by atoms with E-state index in [1.807, 2.05) is 0 Å². The largest absolute Gasteiger partial charge is 0.339 e. The lowest BCUT2D eigenvalue weighted by Crippen LogP contribution is -2.54. The second-order valence-electron chi connectivity index (χ2n) is 8.05. The van der Waals surface area contributed by atoms with E-state index in [0.29, 0.717) is 17.4 Å². The fourth-order valence-corrected chi connectivity index (χ4v) is 4.49. The Morgan fingerprint density at radius 1 is 1.13 bits per heavy atom. The van der Waals surface area contributed by atoms with Crippen molar-refractivity contribution in [2.75, 3.05) is 19.6 Å². The number of amides is 1. The summed E-state index contributed by atoms with van der Waals surface area (Å²) < 4.78 is 0. The fraction of sp³-hybridized carbons (Fsp3) is 0.650. The maximum absolute atomic E-state index is 12.2. The van der Waals surface area contributed by atoms with Crippen molar-refractivity contribution in [1.29, 1.82) is 0 Å². The monoisotopic (exact) mass is 312 g/mol. The molecule has 2 aliphatic heterocycles. The van der Waals surface area contributed by atoms with Crippen molar-refractivity contribution in [1.82, 2.24) is 9.80 Å². The van der Waals surface area contributed by atoms with Crippen LogP contribution in [0.5, 0.6) is 0 Å². The molecule has 2 saturated heterocycles. The summed E-state index contributed by atoms with van der Waals surface area (Å²) in [5, 5.41) is 0. The molecule has 124 valence electrons. The van der Waals surface area contributed by atoms with Crippen LogP contribution in [-0.2, 0) is 11.3 Å². The molecule has 0 bridgehead atoms. The maximum atomic E-state index is 12.2. The van der Waals surface area contributed by atoms with Crippen LogP contribution in [0.4, 0.5) is 0 Å². The van der Waals surface area contributed by atoms with Crippen LogP contribution in [-0.4, -0.2) is 41.4 Å². The highest BCUT2D eigenvalue weighted by molar-refractivity contribution is 5.78. The van der Waals surface area contributed by atoms with Gasteiger partial charge in [0.2, 0.25) is 5.91 Å². The van der Waals surface area contributed by atoms with Crippen molar-refractivity contribution in [3.05, 3.63) is 35.4 Å². The first-order chi connectivity index (χ1) is 11.1. The van der Waals surface area contributed by atoms with Crippen molar-refractivity contribution in [2.45, 2.75) is 58.0 Å². The van der Waals surface area contributed by atoms with Gasteiger partial charge in [-0.1, -0.05) is 29.8 Å². The highest BCUT2D eigenvalue weighted by Gasteiger charge is 2.45. The molecule has 1 aliphatic carbocycles. The van der Waals surface area contributed by atoms with Crippen LogP contribution in [0.3, 0.4) is 0 Å². The van der Waals surface area contributed by atoms with Gasteiger partial charge in [-0.2, -0.15) is 0 Å². The summed E-state index contributed by atoms with van der Waals surface area (Å²) in [6.45, 7) is 6.58. The third kappa shape index (κ3) is 3.30. The first-order valence-electron chi connectivity index (χ1n) is 9.21. The molecule has 2 heterocycles. The first-order valence-corrected chi connectivity index (χ1v) is 9.21. The van der Waals surface area contributed by atoms with E-state index in [-0.39, 0.29) is 0 Å². The number of benzene rings is 1. The zero-order valence-corrected chi connectivity index (χ0v) is 14.3. The Morgan fingerprint density at radius 2 is 1.91 bits per heavy atom. The third-order valence-corrected chi connectivity index (χ3v) is 5.95. The highest BCUT2D eigenvalue weighted by Crippen LogP contribution is 2.42. The van der Waals surface area contributed by atoms with Crippen molar-refractivity contribution in [3.8, 4) is 0 Å². The summed E-state index contributed by atoms with van der Waals surface area (Å²) in [6.07, 6.45) is 6.91. The van der Waals surface area contributed by atoms with E-state index in [2.05, 4.69) is 41.0 Å². The van der Waals surface area contributed by atoms with E-state index in [1.54, 1.807) is 0 Å². The van der Waals surface area contributed by atoms with Gasteiger partial charge in [0.15, 0.2) is 0 Å². The molecule has 3 fully saturated rings. The van der Waals surface area contributed by atoms with Crippen molar-refractivity contribution in [2.24, 2.45) is 5.41 Å². The van der Waals surface area contributed by atoms with Crippen LogP contribution in [0, 0.1) is 12.3 Å². The smallest absolute Gasteiger partial charge is 0.222 e. The Labute approximate surface area is 139 Å². The molecule has 1 aromatic carbocycles. The van der Waals surface area contributed by atoms with Gasteiger partial charge in [-0.05, 0) is 51.1 Å².